The normalized spacial score (nSPS) is 9.27. The predicted molar refractivity (Wildman–Crippen MR) is 37.4 cm³/mol. The number of hydrogen-bond donors (Lipinski definition) is 0. The van der Waals surface area contributed by atoms with Crippen LogP contribution in [0.4, 0.5) is 14.5 Å². The van der Waals surface area contributed by atoms with Crippen molar-refractivity contribution >= 4 is 5.69 Å². The Labute approximate surface area is 63.1 Å². The molecule has 0 amide bonds. The molecule has 0 aliphatic carbocycles. The average molecular weight is 153 g/mol. The lowest BCUT2D eigenvalue weighted by molar-refractivity contribution is 0.581. The number of hydrogen-bond acceptors (Lipinski definition) is 0. The van der Waals surface area contributed by atoms with Crippen LogP contribution in [-0.4, -0.2) is 0 Å². The fourth-order valence-corrected chi connectivity index (χ4v) is 0.728. The van der Waals surface area contributed by atoms with E-state index in [1.54, 1.807) is 0 Å². The minimum absolute atomic E-state index is 0.135. The van der Waals surface area contributed by atoms with Gasteiger partial charge < -0.3 is 0 Å². The molecule has 0 aliphatic rings. The molecule has 1 aromatic rings. The molecule has 0 fully saturated rings. The second-order valence-electron chi connectivity index (χ2n) is 2.16. The highest BCUT2D eigenvalue weighted by Gasteiger charge is 2.05. The predicted octanol–water partition coefficient (Wildman–Crippen LogP) is 2.82. The maximum atomic E-state index is 12.6. The summed E-state index contributed by atoms with van der Waals surface area (Å²) in [5, 5.41) is 0. The summed E-state index contributed by atoms with van der Waals surface area (Å²) in [6.07, 6.45) is 0. The molecule has 56 valence electrons. The zero-order valence-electron chi connectivity index (χ0n) is 5.86. The molecule has 0 aliphatic heterocycles. The molecule has 0 aromatic heterocycles. The van der Waals surface area contributed by atoms with Gasteiger partial charge in [-0.2, -0.15) is 0 Å². The monoisotopic (exact) mass is 153 g/mol. The van der Waals surface area contributed by atoms with E-state index < -0.39 is 11.6 Å². The molecular formula is C8H5F2N. The highest BCUT2D eigenvalue weighted by Crippen LogP contribution is 2.20. The second-order valence-corrected chi connectivity index (χ2v) is 2.16. The summed E-state index contributed by atoms with van der Waals surface area (Å²) in [5.74, 6) is -1.42. The van der Waals surface area contributed by atoms with Crippen LogP contribution in [0.5, 0.6) is 0 Å². The molecule has 0 spiro atoms. The minimum Gasteiger partial charge on any atom is -0.235 e. The summed E-state index contributed by atoms with van der Waals surface area (Å²) in [7, 11) is 0. The van der Waals surface area contributed by atoms with Gasteiger partial charge in [-0.1, -0.05) is 0 Å². The topological polar surface area (TPSA) is 4.36 Å². The second kappa shape index (κ2) is 2.67. The smallest absolute Gasteiger partial charge is 0.222 e. The maximum Gasteiger partial charge on any atom is 0.222 e. The van der Waals surface area contributed by atoms with Gasteiger partial charge in [-0.05, 0) is 24.6 Å². The van der Waals surface area contributed by atoms with Gasteiger partial charge in [0.1, 0.15) is 11.6 Å². The van der Waals surface area contributed by atoms with E-state index in [1.807, 2.05) is 0 Å². The van der Waals surface area contributed by atoms with Crippen molar-refractivity contribution in [2.45, 2.75) is 6.92 Å². The first kappa shape index (κ1) is 7.67. The molecule has 0 saturated heterocycles. The third kappa shape index (κ3) is 1.35. The van der Waals surface area contributed by atoms with Crippen LogP contribution in [0, 0.1) is 25.1 Å². The van der Waals surface area contributed by atoms with Crippen LogP contribution in [0.2, 0.25) is 0 Å². The molecule has 0 heterocycles. The quantitative estimate of drug-likeness (QED) is 0.505. The zero-order valence-corrected chi connectivity index (χ0v) is 5.86. The third-order valence-electron chi connectivity index (χ3n) is 1.35. The summed E-state index contributed by atoms with van der Waals surface area (Å²) < 4.78 is 25.1. The van der Waals surface area contributed by atoms with Crippen molar-refractivity contribution in [1.82, 2.24) is 0 Å². The number of rotatable bonds is 0. The first-order valence-electron chi connectivity index (χ1n) is 2.98. The van der Waals surface area contributed by atoms with Crippen LogP contribution >= 0.6 is 0 Å². The summed E-state index contributed by atoms with van der Waals surface area (Å²) in [4.78, 5) is 2.88. The van der Waals surface area contributed by atoms with Crippen LogP contribution in [0.15, 0.2) is 12.1 Å². The molecule has 3 heteroatoms. The molecule has 1 rings (SSSR count). The van der Waals surface area contributed by atoms with Crippen molar-refractivity contribution < 1.29 is 8.78 Å². The van der Waals surface area contributed by atoms with Gasteiger partial charge in [0, 0.05) is 0 Å². The van der Waals surface area contributed by atoms with Crippen molar-refractivity contribution in [2.24, 2.45) is 0 Å². The molecule has 0 atom stereocenters. The Morgan fingerprint density at radius 2 is 1.91 bits per heavy atom. The van der Waals surface area contributed by atoms with Crippen LogP contribution < -0.4 is 0 Å². The Kier molecular flexibility index (Phi) is 1.86. The number of halogens is 2. The van der Waals surface area contributed by atoms with Gasteiger partial charge in [-0.15, -0.1) is 0 Å². The van der Waals surface area contributed by atoms with Gasteiger partial charge in [0.05, 0.1) is 6.57 Å². The summed E-state index contributed by atoms with van der Waals surface area (Å²) in [5.41, 5.74) is 0.154. The Balaban J connectivity index is 3.35. The zero-order chi connectivity index (χ0) is 8.43. The van der Waals surface area contributed by atoms with E-state index >= 15 is 0 Å². The summed E-state index contributed by atoms with van der Waals surface area (Å²) >= 11 is 0. The average Bonchev–Trinajstić information content (AvgIpc) is 1.97. The first-order valence-corrected chi connectivity index (χ1v) is 2.98. The Morgan fingerprint density at radius 3 is 2.45 bits per heavy atom. The third-order valence-corrected chi connectivity index (χ3v) is 1.35. The highest BCUT2D eigenvalue weighted by atomic mass is 19.1. The van der Waals surface area contributed by atoms with Gasteiger partial charge in [0.15, 0.2) is 0 Å². The molecule has 0 N–H and O–H groups in total. The summed E-state index contributed by atoms with van der Waals surface area (Å²) in [6.45, 7) is 8.00. The molecule has 0 radical (unpaired) electrons. The molecular weight excluding hydrogens is 148 g/mol. The Bertz CT molecular complexity index is 326. The highest BCUT2D eigenvalue weighted by molar-refractivity contribution is 5.48. The SMILES string of the molecule is [C-]#[N+]c1cc(C)c(F)cc1F. The molecule has 0 saturated carbocycles. The van der Waals surface area contributed by atoms with Crippen molar-refractivity contribution in [3.05, 3.63) is 40.7 Å². The largest absolute Gasteiger partial charge is 0.235 e. The van der Waals surface area contributed by atoms with Crippen LogP contribution in [0.1, 0.15) is 5.56 Å². The van der Waals surface area contributed by atoms with Crippen molar-refractivity contribution in [1.29, 1.82) is 0 Å². The van der Waals surface area contributed by atoms with Gasteiger partial charge in [-0.3, -0.25) is 0 Å². The lowest BCUT2D eigenvalue weighted by Crippen LogP contribution is -1.83. The van der Waals surface area contributed by atoms with Crippen LogP contribution in [0.3, 0.4) is 0 Å². The fourth-order valence-electron chi connectivity index (χ4n) is 0.728. The van der Waals surface area contributed by atoms with Crippen LogP contribution in [0.25, 0.3) is 4.85 Å². The van der Waals surface area contributed by atoms with E-state index in [2.05, 4.69) is 4.85 Å². The standard InChI is InChI=1S/C8H5F2N/c1-5-3-8(11-2)7(10)4-6(5)9/h3-4H,1H3. The van der Waals surface area contributed by atoms with Gasteiger partial charge >= 0.3 is 0 Å². The van der Waals surface area contributed by atoms with E-state index in [4.69, 9.17) is 6.57 Å². The Hall–Kier alpha value is -1.43. The van der Waals surface area contributed by atoms with E-state index in [-0.39, 0.29) is 11.3 Å². The van der Waals surface area contributed by atoms with E-state index in [0.717, 1.165) is 6.07 Å². The van der Waals surface area contributed by atoms with Crippen molar-refractivity contribution in [3.8, 4) is 0 Å². The first-order chi connectivity index (χ1) is 5.15. The Morgan fingerprint density at radius 1 is 1.27 bits per heavy atom. The maximum absolute atomic E-state index is 12.6. The minimum atomic E-state index is -0.803. The molecule has 11 heavy (non-hydrogen) atoms. The van der Waals surface area contributed by atoms with Gasteiger partial charge in [0.2, 0.25) is 5.69 Å². The molecule has 0 bridgehead atoms. The lowest BCUT2D eigenvalue weighted by atomic mass is 10.2. The summed E-state index contributed by atoms with van der Waals surface area (Å²) in [6, 6.07) is 1.92. The lowest BCUT2D eigenvalue weighted by Gasteiger charge is -1.96. The van der Waals surface area contributed by atoms with E-state index in [1.165, 1.54) is 13.0 Å². The number of aryl methyl sites for hydroxylation is 1. The van der Waals surface area contributed by atoms with Crippen LogP contribution in [-0.2, 0) is 0 Å². The molecule has 0 unspecified atom stereocenters. The molecule has 1 aromatic carbocycles. The van der Waals surface area contributed by atoms with Crippen molar-refractivity contribution in [3.63, 3.8) is 0 Å². The van der Waals surface area contributed by atoms with E-state index in [0.29, 0.717) is 0 Å². The van der Waals surface area contributed by atoms with Gasteiger partial charge in [0.25, 0.3) is 0 Å². The van der Waals surface area contributed by atoms with Crippen molar-refractivity contribution in [2.75, 3.05) is 0 Å². The van der Waals surface area contributed by atoms with E-state index in [9.17, 15) is 8.78 Å². The number of benzene rings is 1. The fraction of sp³-hybridized carbons (Fsp3) is 0.125. The van der Waals surface area contributed by atoms with Gasteiger partial charge in [-0.25, -0.2) is 13.6 Å². The number of nitrogens with zero attached hydrogens (tertiary/aromatic N) is 1. The molecule has 1 nitrogen and oxygen atoms in total.